The smallest absolute Gasteiger partial charge is 0.234 e. The summed E-state index contributed by atoms with van der Waals surface area (Å²) in [5, 5.41) is 0.466. The molecule has 1 saturated heterocycles. The van der Waals surface area contributed by atoms with Crippen LogP contribution in [0, 0.1) is 5.41 Å². The highest BCUT2D eigenvalue weighted by molar-refractivity contribution is 6.32. The number of imide groups is 1. The molecule has 3 heterocycles. The number of hydrogen-bond acceptors (Lipinski definition) is 5. The Kier molecular flexibility index (Phi) is 6.38. The van der Waals surface area contributed by atoms with Crippen LogP contribution in [0.5, 0.6) is 5.75 Å². The quantitative estimate of drug-likeness (QED) is 0.460. The lowest BCUT2D eigenvalue weighted by Crippen LogP contribution is -2.36. The number of carbonyl (C=O) groups excluding carboxylic acids is 2. The lowest BCUT2D eigenvalue weighted by atomic mass is 9.79. The fourth-order valence-corrected chi connectivity index (χ4v) is 4.77. The number of methoxy groups -OCH3 is 1. The molecular formula is C25H29ClN2O5. The Bertz CT molecular complexity index is 1150. The number of benzene rings is 1. The second-order valence-corrected chi connectivity index (χ2v) is 10.1. The zero-order valence-electron chi connectivity index (χ0n) is 19.4. The molecule has 0 radical (unpaired) electrons. The Morgan fingerprint density at radius 1 is 1.06 bits per heavy atom. The summed E-state index contributed by atoms with van der Waals surface area (Å²) in [4.78, 5) is 38.7. The van der Waals surface area contributed by atoms with E-state index in [1.807, 2.05) is 16.7 Å². The number of aromatic nitrogens is 1. The van der Waals surface area contributed by atoms with Gasteiger partial charge in [0.2, 0.25) is 17.2 Å². The van der Waals surface area contributed by atoms with Crippen molar-refractivity contribution in [2.75, 3.05) is 25.2 Å². The highest BCUT2D eigenvalue weighted by Crippen LogP contribution is 2.45. The third-order valence-corrected chi connectivity index (χ3v) is 6.58. The van der Waals surface area contributed by atoms with Crippen LogP contribution in [-0.4, -0.2) is 36.7 Å². The Hall–Kier alpha value is -2.64. The van der Waals surface area contributed by atoms with E-state index >= 15 is 0 Å². The number of nitrogens with zero attached hydrogens (tertiary/aromatic N) is 2. The summed E-state index contributed by atoms with van der Waals surface area (Å²) in [6.07, 6.45) is 3.38. The van der Waals surface area contributed by atoms with E-state index < -0.39 is 0 Å². The standard InChI is InChI=1S/C25H29ClN2O5/c1-25(2,3)22-11-15-10-21(33-9-5-8-32-4)17(26)12-16(15)18-13-20(29)19(14-27(18)22)28-23(30)6-7-24(28)31/h10,12-14,22H,5-9,11H2,1-4H3/t22-/m0/s1. The number of carbonyl (C=O) groups is 2. The average molecular weight is 473 g/mol. The Morgan fingerprint density at radius 3 is 2.39 bits per heavy atom. The van der Waals surface area contributed by atoms with Crippen LogP contribution in [-0.2, 0) is 20.7 Å². The molecule has 1 atom stereocenters. The maximum Gasteiger partial charge on any atom is 0.234 e. The van der Waals surface area contributed by atoms with Gasteiger partial charge in [-0.05, 0) is 29.5 Å². The van der Waals surface area contributed by atoms with Gasteiger partial charge in [0.1, 0.15) is 11.4 Å². The van der Waals surface area contributed by atoms with E-state index in [1.165, 1.54) is 6.07 Å². The Morgan fingerprint density at radius 2 is 1.76 bits per heavy atom. The fraction of sp³-hybridized carbons (Fsp3) is 0.480. The minimum atomic E-state index is -0.360. The monoisotopic (exact) mass is 472 g/mol. The van der Waals surface area contributed by atoms with Gasteiger partial charge in [-0.1, -0.05) is 32.4 Å². The number of pyridine rings is 1. The van der Waals surface area contributed by atoms with E-state index in [4.69, 9.17) is 21.1 Å². The number of anilines is 1. The molecule has 7 nitrogen and oxygen atoms in total. The number of fused-ring (bicyclic) bond motifs is 3. The van der Waals surface area contributed by atoms with Crippen molar-refractivity contribution in [3.8, 4) is 17.0 Å². The van der Waals surface area contributed by atoms with Gasteiger partial charge in [-0.3, -0.25) is 14.4 Å². The molecule has 0 bridgehead atoms. The molecule has 2 aromatic rings. The van der Waals surface area contributed by atoms with Gasteiger partial charge in [0.25, 0.3) is 0 Å². The van der Waals surface area contributed by atoms with Crippen LogP contribution in [0.3, 0.4) is 0 Å². The Labute approximate surface area is 198 Å². The van der Waals surface area contributed by atoms with E-state index in [0.29, 0.717) is 30.4 Å². The number of rotatable bonds is 6. The molecule has 176 valence electrons. The number of halogens is 1. The van der Waals surface area contributed by atoms with Crippen molar-refractivity contribution in [2.45, 2.75) is 52.5 Å². The molecule has 1 aromatic heterocycles. The molecule has 2 aliphatic heterocycles. The van der Waals surface area contributed by atoms with Gasteiger partial charge in [-0.2, -0.15) is 0 Å². The van der Waals surface area contributed by atoms with E-state index in [-0.39, 0.29) is 47.2 Å². The van der Waals surface area contributed by atoms with Crippen molar-refractivity contribution in [1.82, 2.24) is 4.57 Å². The van der Waals surface area contributed by atoms with Crippen LogP contribution in [0.2, 0.25) is 5.02 Å². The molecule has 4 rings (SSSR count). The molecule has 2 aliphatic rings. The van der Waals surface area contributed by atoms with Crippen LogP contribution in [0.25, 0.3) is 11.3 Å². The van der Waals surface area contributed by atoms with Crippen molar-refractivity contribution >= 4 is 29.1 Å². The zero-order valence-corrected chi connectivity index (χ0v) is 20.2. The van der Waals surface area contributed by atoms with Gasteiger partial charge in [0, 0.05) is 56.8 Å². The van der Waals surface area contributed by atoms with Crippen molar-refractivity contribution in [2.24, 2.45) is 5.41 Å². The topological polar surface area (TPSA) is 77.8 Å². The first kappa shape index (κ1) is 23.5. The molecule has 0 saturated carbocycles. The minimum Gasteiger partial charge on any atom is -0.492 e. The summed E-state index contributed by atoms with van der Waals surface area (Å²) in [5.41, 5.74) is 2.22. The largest absolute Gasteiger partial charge is 0.492 e. The van der Waals surface area contributed by atoms with Gasteiger partial charge >= 0.3 is 0 Å². The molecule has 33 heavy (non-hydrogen) atoms. The summed E-state index contributed by atoms with van der Waals surface area (Å²) in [6.45, 7) is 7.50. The predicted molar refractivity (Wildman–Crippen MR) is 127 cm³/mol. The zero-order chi connectivity index (χ0) is 23.9. The first-order valence-corrected chi connectivity index (χ1v) is 11.6. The molecule has 0 spiro atoms. The number of ether oxygens (including phenoxy) is 2. The molecule has 8 heteroatoms. The fourth-order valence-electron chi connectivity index (χ4n) is 4.55. The molecule has 2 amide bonds. The van der Waals surface area contributed by atoms with Crippen molar-refractivity contribution < 1.29 is 19.1 Å². The highest BCUT2D eigenvalue weighted by Gasteiger charge is 2.37. The molecule has 0 N–H and O–H groups in total. The van der Waals surface area contributed by atoms with Gasteiger partial charge in [0.15, 0.2) is 0 Å². The molecule has 0 aliphatic carbocycles. The molecule has 1 fully saturated rings. The van der Waals surface area contributed by atoms with Gasteiger partial charge in [-0.25, -0.2) is 4.90 Å². The lowest BCUT2D eigenvalue weighted by molar-refractivity contribution is -0.121. The van der Waals surface area contributed by atoms with E-state index in [0.717, 1.165) is 28.1 Å². The van der Waals surface area contributed by atoms with Crippen LogP contribution >= 0.6 is 11.6 Å². The predicted octanol–water partition coefficient (Wildman–Crippen LogP) is 4.38. The van der Waals surface area contributed by atoms with Crippen LogP contribution in [0.4, 0.5) is 5.69 Å². The molecule has 0 unspecified atom stereocenters. The second-order valence-electron chi connectivity index (χ2n) is 9.66. The Balaban J connectivity index is 1.81. The first-order valence-electron chi connectivity index (χ1n) is 11.2. The maximum atomic E-state index is 13.1. The molecular weight excluding hydrogens is 444 g/mol. The van der Waals surface area contributed by atoms with Gasteiger partial charge in [-0.15, -0.1) is 0 Å². The number of hydrogen-bond donors (Lipinski definition) is 0. The van der Waals surface area contributed by atoms with E-state index in [9.17, 15) is 14.4 Å². The maximum absolute atomic E-state index is 13.1. The minimum absolute atomic E-state index is 0.00493. The van der Waals surface area contributed by atoms with Crippen molar-refractivity contribution in [1.29, 1.82) is 0 Å². The van der Waals surface area contributed by atoms with E-state index in [2.05, 4.69) is 20.8 Å². The first-order chi connectivity index (χ1) is 15.6. The normalized spacial score (nSPS) is 17.8. The summed E-state index contributed by atoms with van der Waals surface area (Å²) < 4.78 is 13.0. The molecule has 1 aromatic carbocycles. The second kappa shape index (κ2) is 8.95. The SMILES string of the molecule is COCCCOc1cc2c(cc1Cl)-c1cc(=O)c(N3C(=O)CCC3=O)cn1[C@H](C(C)(C)C)C2. The van der Waals surface area contributed by atoms with E-state index in [1.54, 1.807) is 13.3 Å². The van der Waals surface area contributed by atoms with Crippen LogP contribution in [0.1, 0.15) is 51.6 Å². The highest BCUT2D eigenvalue weighted by atomic mass is 35.5. The van der Waals surface area contributed by atoms with Crippen molar-refractivity contribution in [3.05, 3.63) is 45.2 Å². The summed E-state index contributed by atoms with van der Waals surface area (Å²) in [7, 11) is 1.65. The van der Waals surface area contributed by atoms with Crippen LogP contribution < -0.4 is 15.1 Å². The van der Waals surface area contributed by atoms with Gasteiger partial charge < -0.3 is 14.0 Å². The van der Waals surface area contributed by atoms with Crippen molar-refractivity contribution in [3.63, 3.8) is 0 Å². The summed E-state index contributed by atoms with van der Waals surface area (Å²) in [5.74, 6) is -0.0567. The lowest BCUT2D eigenvalue weighted by Gasteiger charge is -2.39. The summed E-state index contributed by atoms with van der Waals surface area (Å²) in [6, 6.07) is 5.30. The third kappa shape index (κ3) is 4.44. The summed E-state index contributed by atoms with van der Waals surface area (Å²) >= 11 is 6.54. The van der Waals surface area contributed by atoms with Gasteiger partial charge in [0.05, 0.1) is 17.3 Å². The van der Waals surface area contributed by atoms with Crippen LogP contribution in [0.15, 0.2) is 29.2 Å². The number of amides is 2. The third-order valence-electron chi connectivity index (χ3n) is 6.29. The average Bonchev–Trinajstić information content (AvgIpc) is 3.08.